The van der Waals surface area contributed by atoms with Gasteiger partial charge in [-0.15, -0.1) is 12.4 Å². The lowest BCUT2D eigenvalue weighted by atomic mass is 9.87. The van der Waals surface area contributed by atoms with Crippen molar-refractivity contribution in [3.8, 4) is 0 Å². The zero-order valence-electron chi connectivity index (χ0n) is 15.4. The van der Waals surface area contributed by atoms with Crippen LogP contribution >= 0.6 is 12.4 Å². The molecule has 0 spiro atoms. The molecule has 1 saturated heterocycles. The number of carbonyl (C=O) groups excluding carboxylic acids is 2. The predicted octanol–water partition coefficient (Wildman–Crippen LogP) is 2.33. The SMILES string of the molecule is CC(C)(C)c1ccc(C(=O)NCCC(=O)N2CCC(CN)C2)cc1.Cl. The summed E-state index contributed by atoms with van der Waals surface area (Å²) in [5.41, 5.74) is 7.53. The highest BCUT2D eigenvalue weighted by molar-refractivity contribution is 5.94. The van der Waals surface area contributed by atoms with Crippen molar-refractivity contribution in [2.24, 2.45) is 11.7 Å². The van der Waals surface area contributed by atoms with Gasteiger partial charge in [-0.2, -0.15) is 0 Å². The van der Waals surface area contributed by atoms with Crippen molar-refractivity contribution in [3.05, 3.63) is 35.4 Å². The average molecular weight is 368 g/mol. The fraction of sp³-hybridized carbons (Fsp3) is 0.579. The standard InChI is InChI=1S/C19H29N3O2.ClH/c1-19(2,3)16-6-4-15(5-7-16)18(24)21-10-8-17(23)22-11-9-14(12-20)13-22;/h4-7,14H,8-13,20H2,1-3H3,(H,21,24);1H. The van der Waals surface area contributed by atoms with E-state index in [4.69, 9.17) is 5.73 Å². The van der Waals surface area contributed by atoms with Gasteiger partial charge in [-0.25, -0.2) is 0 Å². The van der Waals surface area contributed by atoms with Crippen LogP contribution in [0.5, 0.6) is 0 Å². The number of amides is 2. The number of rotatable bonds is 5. The van der Waals surface area contributed by atoms with E-state index in [-0.39, 0.29) is 29.6 Å². The van der Waals surface area contributed by atoms with Crippen molar-refractivity contribution in [2.75, 3.05) is 26.2 Å². The Morgan fingerprint density at radius 1 is 1.24 bits per heavy atom. The van der Waals surface area contributed by atoms with Crippen molar-refractivity contribution < 1.29 is 9.59 Å². The molecule has 6 heteroatoms. The monoisotopic (exact) mass is 367 g/mol. The quantitative estimate of drug-likeness (QED) is 0.838. The molecule has 2 rings (SSSR count). The zero-order chi connectivity index (χ0) is 17.7. The third kappa shape index (κ3) is 6.01. The molecule has 1 fully saturated rings. The highest BCUT2D eigenvalue weighted by atomic mass is 35.5. The molecule has 0 aliphatic carbocycles. The van der Waals surface area contributed by atoms with Crippen molar-refractivity contribution in [3.63, 3.8) is 0 Å². The van der Waals surface area contributed by atoms with Crippen LogP contribution in [0.15, 0.2) is 24.3 Å². The van der Waals surface area contributed by atoms with Gasteiger partial charge in [0.2, 0.25) is 5.91 Å². The summed E-state index contributed by atoms with van der Waals surface area (Å²) in [5.74, 6) is 0.378. The lowest BCUT2D eigenvalue weighted by Gasteiger charge is -2.19. The van der Waals surface area contributed by atoms with E-state index in [0.29, 0.717) is 31.0 Å². The van der Waals surface area contributed by atoms with E-state index in [0.717, 1.165) is 19.5 Å². The molecule has 2 amide bonds. The van der Waals surface area contributed by atoms with E-state index >= 15 is 0 Å². The molecule has 0 saturated carbocycles. The number of likely N-dealkylation sites (tertiary alicyclic amines) is 1. The molecule has 1 aliphatic heterocycles. The van der Waals surface area contributed by atoms with Crippen LogP contribution in [-0.4, -0.2) is 42.9 Å². The largest absolute Gasteiger partial charge is 0.352 e. The first-order valence-electron chi connectivity index (χ1n) is 8.68. The molecule has 1 aliphatic rings. The van der Waals surface area contributed by atoms with Crippen LogP contribution in [0.25, 0.3) is 0 Å². The second-order valence-corrected chi connectivity index (χ2v) is 7.56. The van der Waals surface area contributed by atoms with Crippen LogP contribution in [-0.2, 0) is 10.2 Å². The van der Waals surface area contributed by atoms with Crippen LogP contribution in [0.1, 0.15) is 49.5 Å². The third-order valence-corrected chi connectivity index (χ3v) is 4.61. The first-order valence-corrected chi connectivity index (χ1v) is 8.68. The molecular weight excluding hydrogens is 338 g/mol. The van der Waals surface area contributed by atoms with Gasteiger partial charge in [0.1, 0.15) is 0 Å². The minimum absolute atomic E-state index is 0. The van der Waals surface area contributed by atoms with Gasteiger partial charge >= 0.3 is 0 Å². The average Bonchev–Trinajstić information content (AvgIpc) is 3.03. The number of nitrogens with zero attached hydrogens (tertiary/aromatic N) is 1. The van der Waals surface area contributed by atoms with E-state index in [1.807, 2.05) is 29.2 Å². The van der Waals surface area contributed by atoms with E-state index in [2.05, 4.69) is 26.1 Å². The molecule has 3 N–H and O–H groups in total. The lowest BCUT2D eigenvalue weighted by Crippen LogP contribution is -2.33. The number of halogens is 1. The summed E-state index contributed by atoms with van der Waals surface area (Å²) in [4.78, 5) is 26.1. The molecule has 0 aromatic heterocycles. The van der Waals surface area contributed by atoms with Crippen molar-refractivity contribution in [1.82, 2.24) is 10.2 Å². The van der Waals surface area contributed by atoms with Gasteiger partial charge in [0.15, 0.2) is 0 Å². The first kappa shape index (κ1) is 21.5. The van der Waals surface area contributed by atoms with Crippen LogP contribution in [0.4, 0.5) is 0 Å². The lowest BCUT2D eigenvalue weighted by molar-refractivity contribution is -0.130. The predicted molar refractivity (Wildman–Crippen MR) is 103 cm³/mol. The maximum absolute atomic E-state index is 12.2. The normalized spacial score (nSPS) is 17.1. The Balaban J connectivity index is 0.00000312. The Bertz CT molecular complexity index is 581. The molecule has 1 aromatic rings. The van der Waals surface area contributed by atoms with Crippen LogP contribution in [0, 0.1) is 5.92 Å². The molecule has 5 nitrogen and oxygen atoms in total. The smallest absolute Gasteiger partial charge is 0.251 e. The van der Waals surface area contributed by atoms with Gasteiger partial charge in [0.25, 0.3) is 5.91 Å². The first-order chi connectivity index (χ1) is 11.3. The van der Waals surface area contributed by atoms with E-state index in [9.17, 15) is 9.59 Å². The topological polar surface area (TPSA) is 75.4 Å². The third-order valence-electron chi connectivity index (χ3n) is 4.61. The fourth-order valence-electron chi connectivity index (χ4n) is 2.92. The van der Waals surface area contributed by atoms with Gasteiger partial charge < -0.3 is 16.0 Å². The molecule has 1 heterocycles. The number of hydrogen-bond acceptors (Lipinski definition) is 3. The van der Waals surface area contributed by atoms with Crippen molar-refractivity contribution in [1.29, 1.82) is 0 Å². The van der Waals surface area contributed by atoms with Crippen LogP contribution in [0.3, 0.4) is 0 Å². The Labute approximate surface area is 156 Å². The van der Waals surface area contributed by atoms with Gasteiger partial charge in [0, 0.05) is 31.6 Å². The summed E-state index contributed by atoms with van der Waals surface area (Å²) in [6.45, 7) is 8.94. The Morgan fingerprint density at radius 3 is 2.40 bits per heavy atom. The summed E-state index contributed by atoms with van der Waals surface area (Å²) >= 11 is 0. The van der Waals surface area contributed by atoms with E-state index < -0.39 is 0 Å². The minimum Gasteiger partial charge on any atom is -0.352 e. The van der Waals surface area contributed by atoms with Crippen molar-refractivity contribution >= 4 is 24.2 Å². The van der Waals surface area contributed by atoms with E-state index in [1.165, 1.54) is 5.56 Å². The fourth-order valence-corrected chi connectivity index (χ4v) is 2.92. The molecule has 1 aromatic carbocycles. The van der Waals surface area contributed by atoms with Gasteiger partial charge in [-0.1, -0.05) is 32.9 Å². The molecule has 1 unspecified atom stereocenters. The number of nitrogens with two attached hydrogens (primary N) is 1. The second kappa shape index (κ2) is 9.20. The second-order valence-electron chi connectivity index (χ2n) is 7.56. The summed E-state index contributed by atoms with van der Waals surface area (Å²) in [7, 11) is 0. The zero-order valence-corrected chi connectivity index (χ0v) is 16.2. The van der Waals surface area contributed by atoms with Gasteiger partial charge in [-0.3, -0.25) is 9.59 Å². The minimum atomic E-state index is -0.135. The number of hydrogen-bond donors (Lipinski definition) is 2. The molecule has 1 atom stereocenters. The number of carbonyl (C=O) groups is 2. The molecular formula is C19H30ClN3O2. The summed E-state index contributed by atoms with van der Waals surface area (Å²) < 4.78 is 0. The van der Waals surface area contributed by atoms with Crippen molar-refractivity contribution in [2.45, 2.75) is 39.0 Å². The van der Waals surface area contributed by atoms with Gasteiger partial charge in [0.05, 0.1) is 0 Å². The van der Waals surface area contributed by atoms with Gasteiger partial charge in [-0.05, 0) is 42.0 Å². The highest BCUT2D eigenvalue weighted by Crippen LogP contribution is 2.22. The number of nitrogens with one attached hydrogen (secondary N) is 1. The summed E-state index contributed by atoms with van der Waals surface area (Å²) in [6, 6.07) is 7.64. The Morgan fingerprint density at radius 2 is 1.88 bits per heavy atom. The summed E-state index contributed by atoms with van der Waals surface area (Å²) in [5, 5.41) is 2.83. The number of benzene rings is 1. The Hall–Kier alpha value is -1.59. The highest BCUT2D eigenvalue weighted by Gasteiger charge is 2.24. The maximum Gasteiger partial charge on any atom is 0.251 e. The Kier molecular flexibility index (Phi) is 7.90. The molecule has 140 valence electrons. The molecule has 0 radical (unpaired) electrons. The summed E-state index contributed by atoms with van der Waals surface area (Å²) in [6.07, 6.45) is 1.32. The van der Waals surface area contributed by atoms with E-state index in [1.54, 1.807) is 0 Å². The van der Waals surface area contributed by atoms with Crippen LogP contribution in [0.2, 0.25) is 0 Å². The maximum atomic E-state index is 12.2. The van der Waals surface area contributed by atoms with Crippen LogP contribution < -0.4 is 11.1 Å². The molecule has 0 bridgehead atoms. The molecule has 25 heavy (non-hydrogen) atoms.